The van der Waals surface area contributed by atoms with Gasteiger partial charge in [-0.2, -0.15) is 0 Å². The molecular formula is C31H26N4O4. The van der Waals surface area contributed by atoms with E-state index in [4.69, 9.17) is 0 Å². The molecule has 1 saturated heterocycles. The lowest BCUT2D eigenvalue weighted by molar-refractivity contribution is -0.142. The van der Waals surface area contributed by atoms with Gasteiger partial charge in [-0.15, -0.1) is 0 Å². The SMILES string of the molecule is Cc1c(NC(=O)CN2C(=O)[C@H]3C4c5ccccc5C(c5ccccc54)[C@@H]3C2=O)c(=O)n(-c2ccccc2)n1C. The molecule has 8 nitrogen and oxygen atoms in total. The Kier molecular flexibility index (Phi) is 5.04. The molecule has 0 radical (unpaired) electrons. The van der Waals surface area contributed by atoms with E-state index in [0.717, 1.165) is 27.2 Å². The topological polar surface area (TPSA) is 93.4 Å². The molecule has 0 unspecified atom stereocenters. The first-order valence-electron chi connectivity index (χ1n) is 13.0. The average Bonchev–Trinajstić information content (AvgIpc) is 3.33. The minimum Gasteiger partial charge on any atom is -0.318 e. The Morgan fingerprint density at radius 3 is 1.69 bits per heavy atom. The Bertz CT molecular complexity index is 1640. The van der Waals surface area contributed by atoms with E-state index >= 15 is 0 Å². The number of carbonyl (C=O) groups is 3. The summed E-state index contributed by atoms with van der Waals surface area (Å²) >= 11 is 0. The van der Waals surface area contributed by atoms with Gasteiger partial charge < -0.3 is 5.32 Å². The van der Waals surface area contributed by atoms with Crippen molar-refractivity contribution in [3.8, 4) is 5.69 Å². The van der Waals surface area contributed by atoms with Gasteiger partial charge in [0.25, 0.3) is 5.56 Å². The largest absolute Gasteiger partial charge is 0.318 e. The van der Waals surface area contributed by atoms with Gasteiger partial charge in [-0.25, -0.2) is 4.68 Å². The van der Waals surface area contributed by atoms with Gasteiger partial charge in [0, 0.05) is 18.9 Å². The van der Waals surface area contributed by atoms with Crippen LogP contribution in [-0.4, -0.2) is 38.5 Å². The fourth-order valence-electron chi connectivity index (χ4n) is 6.93. The van der Waals surface area contributed by atoms with Gasteiger partial charge in [-0.3, -0.25) is 28.8 Å². The molecule has 1 aliphatic heterocycles. The Hall–Kier alpha value is -4.72. The maximum absolute atomic E-state index is 13.8. The molecule has 0 spiro atoms. The number of aromatic nitrogens is 2. The molecule has 2 atom stereocenters. The highest BCUT2D eigenvalue weighted by Gasteiger charge is 2.61. The molecule has 0 saturated carbocycles. The van der Waals surface area contributed by atoms with E-state index in [0.29, 0.717) is 11.4 Å². The lowest BCUT2D eigenvalue weighted by atomic mass is 9.55. The van der Waals surface area contributed by atoms with Crippen LogP contribution < -0.4 is 10.9 Å². The van der Waals surface area contributed by atoms with Crippen LogP contribution in [0.15, 0.2) is 83.7 Å². The third-order valence-electron chi connectivity index (χ3n) is 8.66. The predicted octanol–water partition coefficient (Wildman–Crippen LogP) is 3.32. The number of hydrogen-bond acceptors (Lipinski definition) is 4. The first-order chi connectivity index (χ1) is 18.9. The number of rotatable bonds is 4. The summed E-state index contributed by atoms with van der Waals surface area (Å²) in [5, 5.41) is 2.69. The third kappa shape index (κ3) is 3.17. The van der Waals surface area contributed by atoms with Crippen molar-refractivity contribution in [3.63, 3.8) is 0 Å². The third-order valence-corrected chi connectivity index (χ3v) is 8.66. The highest BCUT2D eigenvalue weighted by atomic mass is 16.2. The van der Waals surface area contributed by atoms with Crippen molar-refractivity contribution in [2.45, 2.75) is 18.8 Å². The standard InChI is InChI=1S/C31H26N4O4/c1-17-28(31(39)35(33(17)2)18-10-4-3-5-11-18)32-23(36)16-34-29(37)26-24-19-12-6-7-13-20(19)25(27(26)30(34)38)22-15-9-8-14-21(22)24/h3-15,24-27H,16H2,1-2H3,(H,32,36)/t24?,25?,26-,27-/m0/s1. The van der Waals surface area contributed by atoms with Crippen LogP contribution in [0.4, 0.5) is 5.69 Å². The van der Waals surface area contributed by atoms with E-state index in [9.17, 15) is 19.2 Å². The van der Waals surface area contributed by atoms with Gasteiger partial charge in [0.05, 0.1) is 23.2 Å². The number of benzene rings is 3. The second-order valence-corrected chi connectivity index (χ2v) is 10.5. The van der Waals surface area contributed by atoms with Gasteiger partial charge >= 0.3 is 0 Å². The summed E-state index contributed by atoms with van der Waals surface area (Å²) in [4.78, 5) is 55.1. The van der Waals surface area contributed by atoms with Crippen LogP contribution in [0.25, 0.3) is 5.69 Å². The van der Waals surface area contributed by atoms with E-state index in [1.807, 2.05) is 66.7 Å². The lowest BCUT2D eigenvalue weighted by Gasteiger charge is -2.45. The van der Waals surface area contributed by atoms with Crippen molar-refractivity contribution in [1.29, 1.82) is 0 Å². The van der Waals surface area contributed by atoms with Crippen LogP contribution in [0.3, 0.4) is 0 Å². The maximum atomic E-state index is 13.8. The quantitative estimate of drug-likeness (QED) is 0.420. The van der Waals surface area contributed by atoms with Crippen LogP contribution >= 0.6 is 0 Å². The molecule has 39 heavy (non-hydrogen) atoms. The second kappa shape index (κ2) is 8.39. The molecule has 4 aliphatic rings. The molecule has 2 heterocycles. The number of nitrogens with zero attached hydrogens (tertiary/aromatic N) is 3. The Labute approximate surface area is 224 Å². The van der Waals surface area contributed by atoms with Crippen molar-refractivity contribution in [3.05, 3.63) is 117 Å². The van der Waals surface area contributed by atoms with Gasteiger partial charge in [-0.1, -0.05) is 66.7 Å². The minimum atomic E-state index is -0.580. The Morgan fingerprint density at radius 2 is 1.21 bits per heavy atom. The van der Waals surface area contributed by atoms with E-state index < -0.39 is 24.3 Å². The van der Waals surface area contributed by atoms with Gasteiger partial charge in [0.2, 0.25) is 17.7 Å². The van der Waals surface area contributed by atoms with Gasteiger partial charge in [0.15, 0.2) is 0 Å². The normalized spacial score (nSPS) is 22.5. The van der Waals surface area contributed by atoms with Crippen molar-refractivity contribution in [2.24, 2.45) is 18.9 Å². The van der Waals surface area contributed by atoms with Crippen LogP contribution in [0, 0.1) is 18.8 Å². The molecule has 4 aromatic rings. The molecule has 3 aromatic carbocycles. The summed E-state index contributed by atoms with van der Waals surface area (Å²) in [5.74, 6) is -2.79. The van der Waals surface area contributed by atoms with Gasteiger partial charge in [0.1, 0.15) is 12.2 Å². The Balaban J connectivity index is 1.20. The summed E-state index contributed by atoms with van der Waals surface area (Å²) in [6.45, 7) is 1.30. The molecule has 8 rings (SSSR count). The summed E-state index contributed by atoms with van der Waals surface area (Å²) in [5.41, 5.74) is 5.29. The summed E-state index contributed by atoms with van der Waals surface area (Å²) < 4.78 is 3.14. The van der Waals surface area contributed by atoms with E-state index in [1.165, 1.54) is 4.68 Å². The zero-order chi connectivity index (χ0) is 27.0. The number of amides is 3. The molecule has 3 aliphatic carbocycles. The van der Waals surface area contributed by atoms with Crippen molar-refractivity contribution < 1.29 is 14.4 Å². The molecule has 1 N–H and O–H groups in total. The molecule has 3 amide bonds. The smallest absolute Gasteiger partial charge is 0.295 e. The first-order valence-corrected chi connectivity index (χ1v) is 13.0. The number of hydrogen-bond donors (Lipinski definition) is 1. The van der Waals surface area contributed by atoms with E-state index in [-0.39, 0.29) is 34.9 Å². The first kappa shape index (κ1) is 23.4. The molecule has 1 aromatic heterocycles. The average molecular weight is 519 g/mol. The van der Waals surface area contributed by atoms with E-state index in [2.05, 4.69) is 5.32 Å². The number of para-hydroxylation sites is 1. The molecular weight excluding hydrogens is 492 g/mol. The number of likely N-dealkylation sites (tertiary alicyclic amines) is 1. The summed E-state index contributed by atoms with van der Waals surface area (Å²) in [6.07, 6.45) is 0. The molecule has 8 heteroatoms. The maximum Gasteiger partial charge on any atom is 0.295 e. The van der Waals surface area contributed by atoms with Crippen LogP contribution in [-0.2, 0) is 21.4 Å². The number of nitrogens with one attached hydrogen (secondary N) is 1. The van der Waals surface area contributed by atoms with Gasteiger partial charge in [-0.05, 0) is 41.3 Å². The second-order valence-electron chi connectivity index (χ2n) is 10.5. The van der Waals surface area contributed by atoms with Crippen molar-refractivity contribution >= 4 is 23.4 Å². The zero-order valence-corrected chi connectivity index (χ0v) is 21.5. The van der Waals surface area contributed by atoms with Crippen LogP contribution in [0.1, 0.15) is 39.8 Å². The lowest BCUT2D eigenvalue weighted by Crippen LogP contribution is -2.41. The number of carbonyl (C=O) groups excluding carboxylic acids is 3. The Morgan fingerprint density at radius 1 is 0.744 bits per heavy atom. The van der Waals surface area contributed by atoms with Crippen molar-refractivity contribution in [2.75, 3.05) is 11.9 Å². The van der Waals surface area contributed by atoms with Crippen LogP contribution in [0.5, 0.6) is 0 Å². The fraction of sp³-hybridized carbons (Fsp3) is 0.226. The molecule has 194 valence electrons. The molecule has 1 fully saturated rings. The minimum absolute atomic E-state index is 0.128. The highest BCUT2D eigenvalue weighted by Crippen LogP contribution is 2.60. The number of anilines is 1. The summed E-state index contributed by atoms with van der Waals surface area (Å²) in [6, 6.07) is 25.2. The molecule has 2 bridgehead atoms. The van der Waals surface area contributed by atoms with E-state index in [1.54, 1.807) is 30.8 Å². The predicted molar refractivity (Wildman–Crippen MR) is 145 cm³/mol. The number of imide groups is 1. The van der Waals surface area contributed by atoms with Crippen molar-refractivity contribution in [1.82, 2.24) is 14.3 Å². The fourth-order valence-corrected chi connectivity index (χ4v) is 6.93. The monoisotopic (exact) mass is 518 g/mol. The zero-order valence-electron chi connectivity index (χ0n) is 21.5. The highest BCUT2D eigenvalue weighted by molar-refractivity contribution is 6.10. The summed E-state index contributed by atoms with van der Waals surface area (Å²) in [7, 11) is 1.74. The van der Waals surface area contributed by atoms with Crippen LogP contribution in [0.2, 0.25) is 0 Å².